The molecule has 1 aromatic rings. The fourth-order valence-electron chi connectivity index (χ4n) is 1.05. The molecule has 4 nitrogen and oxygen atoms in total. The van der Waals surface area contributed by atoms with Gasteiger partial charge < -0.3 is 0 Å². The van der Waals surface area contributed by atoms with Crippen LogP contribution < -0.4 is 10.6 Å². The van der Waals surface area contributed by atoms with E-state index >= 15 is 0 Å². The van der Waals surface area contributed by atoms with Gasteiger partial charge in [-0.2, -0.15) is 0 Å². The third-order valence-electron chi connectivity index (χ3n) is 1.64. The number of nitrogens with one attached hydrogen (secondary N) is 2. The van der Waals surface area contributed by atoms with E-state index in [0.29, 0.717) is 22.2 Å². The van der Waals surface area contributed by atoms with Crippen LogP contribution in [0.3, 0.4) is 0 Å². The molecule has 0 unspecified atom stereocenters. The van der Waals surface area contributed by atoms with Crippen molar-refractivity contribution in [3.8, 4) is 0 Å². The Bertz CT molecular complexity index is 341. The van der Waals surface area contributed by atoms with Crippen LogP contribution in [0.4, 0.5) is 5.69 Å². The molecule has 0 aliphatic heterocycles. The van der Waals surface area contributed by atoms with Gasteiger partial charge >= 0.3 is 95.1 Å². The minimum absolute atomic E-state index is 0.160. The van der Waals surface area contributed by atoms with Crippen LogP contribution in [0.1, 0.15) is 10.4 Å². The third kappa shape index (κ3) is 2.73. The predicted molar refractivity (Wildman–Crippen MR) is 54.2 cm³/mol. The van der Waals surface area contributed by atoms with Crippen molar-refractivity contribution in [3.63, 3.8) is 0 Å². The van der Waals surface area contributed by atoms with Crippen LogP contribution in [0.5, 0.6) is 0 Å². The Balaban J connectivity index is 2.93. The Kier molecular flexibility index (Phi) is 4.45. The summed E-state index contributed by atoms with van der Waals surface area (Å²) >= 11 is 1.24. The van der Waals surface area contributed by atoms with E-state index < -0.39 is 0 Å². The minimum atomic E-state index is -0.160. The molecule has 0 atom stereocenters. The number of anilines is 1. The zero-order chi connectivity index (χ0) is 10.4. The van der Waals surface area contributed by atoms with Gasteiger partial charge in [-0.05, 0) is 0 Å². The van der Waals surface area contributed by atoms with Crippen molar-refractivity contribution in [3.05, 3.63) is 29.8 Å². The predicted octanol–water partition coefficient (Wildman–Crippen LogP) is 0.111. The molecule has 0 spiro atoms. The summed E-state index contributed by atoms with van der Waals surface area (Å²) in [6.07, 6.45) is 0.559. The number of rotatable bonds is 4. The summed E-state index contributed by atoms with van der Waals surface area (Å²) < 4.78 is 0.654. The fourth-order valence-corrected chi connectivity index (χ4v) is 1.50. The third-order valence-corrected chi connectivity index (χ3v) is 2.14. The number of hydrogen-bond donors (Lipinski definition) is 2. The monoisotopic (exact) mass is 297 g/mol. The molecule has 1 aromatic carbocycles. The topological polar surface area (TPSA) is 58.2 Å². The van der Waals surface area contributed by atoms with Crippen molar-refractivity contribution in [2.24, 2.45) is 0 Å². The SMILES string of the molecule is O=CNc1ccccc1C(=O)N[CH2][Sn]. The first-order valence-corrected chi connectivity index (χ1v) is 6.03. The van der Waals surface area contributed by atoms with E-state index in [1.165, 1.54) is 22.5 Å². The van der Waals surface area contributed by atoms with E-state index in [0.717, 1.165) is 0 Å². The zero-order valence-electron chi connectivity index (χ0n) is 7.41. The summed E-state index contributed by atoms with van der Waals surface area (Å²) in [5.74, 6) is -0.160. The molecule has 71 valence electrons. The van der Waals surface area contributed by atoms with Crippen molar-refractivity contribution in [1.82, 2.24) is 5.32 Å². The Morgan fingerprint density at radius 3 is 2.79 bits per heavy atom. The first-order valence-electron chi connectivity index (χ1n) is 4.01. The Hall–Kier alpha value is -1.04. The van der Waals surface area contributed by atoms with E-state index in [4.69, 9.17) is 0 Å². The molecule has 2 amide bonds. The van der Waals surface area contributed by atoms with Crippen molar-refractivity contribution >= 4 is 40.5 Å². The Morgan fingerprint density at radius 1 is 1.43 bits per heavy atom. The number of para-hydroxylation sites is 1. The van der Waals surface area contributed by atoms with E-state index in [1.807, 2.05) is 0 Å². The number of carbonyl (C=O) groups excluding carboxylic acids is 2. The van der Waals surface area contributed by atoms with Gasteiger partial charge in [0.1, 0.15) is 0 Å². The molecular formula is C9H9N2O2Sn. The molecule has 0 heterocycles. The summed E-state index contributed by atoms with van der Waals surface area (Å²) in [5, 5.41) is 5.19. The van der Waals surface area contributed by atoms with Gasteiger partial charge in [0.05, 0.1) is 0 Å². The van der Waals surface area contributed by atoms with Gasteiger partial charge in [0, 0.05) is 0 Å². The van der Waals surface area contributed by atoms with Crippen LogP contribution >= 0.6 is 0 Å². The number of hydrogen-bond acceptors (Lipinski definition) is 2. The molecule has 5 heteroatoms. The van der Waals surface area contributed by atoms with Gasteiger partial charge in [-0.15, -0.1) is 0 Å². The second-order valence-corrected chi connectivity index (χ2v) is 3.50. The summed E-state index contributed by atoms with van der Waals surface area (Å²) in [5.41, 5.74) is 1.02. The van der Waals surface area contributed by atoms with Crippen LogP contribution in [0.25, 0.3) is 0 Å². The van der Waals surface area contributed by atoms with Crippen LogP contribution in [-0.4, -0.2) is 39.4 Å². The van der Waals surface area contributed by atoms with Crippen molar-refractivity contribution in [1.29, 1.82) is 0 Å². The molecule has 3 radical (unpaired) electrons. The summed E-state index contributed by atoms with van der Waals surface area (Å²) in [6, 6.07) is 6.88. The second kappa shape index (κ2) is 5.64. The molecule has 0 bridgehead atoms. The molecule has 0 saturated heterocycles. The van der Waals surface area contributed by atoms with Gasteiger partial charge in [0.15, 0.2) is 0 Å². The maximum atomic E-state index is 11.5. The molecule has 0 saturated carbocycles. The molecule has 1 rings (SSSR count). The van der Waals surface area contributed by atoms with E-state index in [-0.39, 0.29) is 5.91 Å². The molecule has 14 heavy (non-hydrogen) atoms. The van der Waals surface area contributed by atoms with Crippen molar-refractivity contribution < 1.29 is 9.59 Å². The normalized spacial score (nSPS) is 9.21. The van der Waals surface area contributed by atoms with Crippen molar-refractivity contribution in [2.45, 2.75) is 0 Å². The summed E-state index contributed by atoms with van der Waals surface area (Å²) in [6.45, 7) is 0. The summed E-state index contributed by atoms with van der Waals surface area (Å²) in [4.78, 5) is 21.8. The first-order chi connectivity index (χ1) is 6.79. The zero-order valence-corrected chi connectivity index (χ0v) is 10.3. The van der Waals surface area contributed by atoms with Gasteiger partial charge in [0.25, 0.3) is 0 Å². The van der Waals surface area contributed by atoms with Crippen molar-refractivity contribution in [2.75, 3.05) is 9.88 Å². The van der Waals surface area contributed by atoms with Crippen LogP contribution in [-0.2, 0) is 4.79 Å². The molecule has 0 aliphatic rings. The summed E-state index contributed by atoms with van der Waals surface area (Å²) in [7, 11) is 0. The number of amides is 2. The molecule has 0 aliphatic carbocycles. The van der Waals surface area contributed by atoms with Gasteiger partial charge in [-0.3, -0.25) is 0 Å². The Labute approximate surface area is 95.2 Å². The van der Waals surface area contributed by atoms with Crippen LogP contribution in [0.15, 0.2) is 24.3 Å². The molecule has 2 N–H and O–H groups in total. The average molecular weight is 296 g/mol. The first kappa shape index (κ1) is 11.0. The van der Waals surface area contributed by atoms with Gasteiger partial charge in [-0.25, -0.2) is 0 Å². The maximum absolute atomic E-state index is 11.5. The Morgan fingerprint density at radius 2 is 2.14 bits per heavy atom. The molecule has 0 aromatic heterocycles. The fraction of sp³-hybridized carbons (Fsp3) is 0.111. The van der Waals surface area contributed by atoms with Crippen LogP contribution in [0, 0.1) is 0 Å². The van der Waals surface area contributed by atoms with E-state index in [2.05, 4.69) is 10.6 Å². The number of benzene rings is 1. The van der Waals surface area contributed by atoms with E-state index in [1.54, 1.807) is 24.3 Å². The quantitative estimate of drug-likeness (QED) is 0.612. The standard InChI is InChI=1S/C9H9N2O2.Sn/c1-10-9(13)7-4-2-3-5-8(7)11-6-12;/h2-6H,1H2,(H,10,13)(H,11,12);. The second-order valence-electron chi connectivity index (χ2n) is 2.49. The average Bonchev–Trinajstić information content (AvgIpc) is 2.19. The van der Waals surface area contributed by atoms with E-state index in [9.17, 15) is 9.59 Å². The molecule has 0 fully saturated rings. The van der Waals surface area contributed by atoms with Gasteiger partial charge in [0.2, 0.25) is 0 Å². The molecular weight excluding hydrogens is 287 g/mol. The van der Waals surface area contributed by atoms with Gasteiger partial charge in [-0.1, -0.05) is 0 Å². The number of carbonyl (C=O) groups is 2. The van der Waals surface area contributed by atoms with Crippen LogP contribution in [0.2, 0.25) is 0 Å².